The monoisotopic (exact) mass is 215 g/mol. The maximum atomic E-state index is 11.2. The van der Waals surface area contributed by atoms with Crippen LogP contribution < -0.4 is 5.32 Å². The minimum atomic E-state index is -0.160. The molecule has 0 aromatic carbocycles. The zero-order valence-electron chi connectivity index (χ0n) is 9.67. The van der Waals surface area contributed by atoms with E-state index in [2.05, 4.69) is 19.2 Å². The van der Waals surface area contributed by atoms with E-state index in [-0.39, 0.29) is 11.4 Å². The summed E-state index contributed by atoms with van der Waals surface area (Å²) in [5, 5.41) is 3.10. The standard InChI is InChI=1S/C11H21NO3/c1-3-4-5-15-10(13)6-12-7-11(2)8-14-9-11/h12H,3-9H2,1-2H3. The van der Waals surface area contributed by atoms with E-state index in [1.54, 1.807) is 0 Å². The number of carbonyl (C=O) groups excluding carboxylic acids is 1. The molecular weight excluding hydrogens is 194 g/mol. The minimum absolute atomic E-state index is 0.160. The fourth-order valence-electron chi connectivity index (χ4n) is 1.40. The molecule has 4 heteroatoms. The van der Waals surface area contributed by atoms with E-state index in [9.17, 15) is 4.79 Å². The number of ether oxygens (including phenoxy) is 2. The number of hydrogen-bond acceptors (Lipinski definition) is 4. The van der Waals surface area contributed by atoms with Gasteiger partial charge < -0.3 is 14.8 Å². The molecule has 4 nitrogen and oxygen atoms in total. The summed E-state index contributed by atoms with van der Waals surface area (Å²) in [6, 6.07) is 0. The number of nitrogens with one attached hydrogen (secondary N) is 1. The van der Waals surface area contributed by atoms with Crippen LogP contribution in [0.25, 0.3) is 0 Å². The highest BCUT2D eigenvalue weighted by atomic mass is 16.5. The largest absolute Gasteiger partial charge is 0.465 e. The van der Waals surface area contributed by atoms with Crippen LogP contribution in [-0.2, 0) is 14.3 Å². The van der Waals surface area contributed by atoms with Crippen molar-refractivity contribution in [2.45, 2.75) is 26.7 Å². The Labute approximate surface area is 91.3 Å². The molecule has 1 aliphatic rings. The lowest BCUT2D eigenvalue weighted by molar-refractivity contribution is -0.143. The quantitative estimate of drug-likeness (QED) is 0.507. The van der Waals surface area contributed by atoms with Crippen LogP contribution in [0.4, 0.5) is 0 Å². The van der Waals surface area contributed by atoms with Gasteiger partial charge in [-0.05, 0) is 6.42 Å². The molecule has 0 bridgehead atoms. The molecule has 0 amide bonds. The SMILES string of the molecule is CCCCOC(=O)CNCC1(C)COC1. The van der Waals surface area contributed by atoms with Crippen molar-refractivity contribution in [3.8, 4) is 0 Å². The molecule has 0 saturated carbocycles. The second-order valence-electron chi connectivity index (χ2n) is 4.48. The first kappa shape index (κ1) is 12.5. The van der Waals surface area contributed by atoms with E-state index < -0.39 is 0 Å². The van der Waals surface area contributed by atoms with Crippen molar-refractivity contribution in [1.29, 1.82) is 0 Å². The van der Waals surface area contributed by atoms with Crippen molar-refractivity contribution in [3.05, 3.63) is 0 Å². The van der Waals surface area contributed by atoms with Crippen molar-refractivity contribution in [2.75, 3.05) is 32.9 Å². The molecule has 1 saturated heterocycles. The van der Waals surface area contributed by atoms with Gasteiger partial charge in [-0.2, -0.15) is 0 Å². The molecule has 1 fully saturated rings. The average Bonchev–Trinajstić information content (AvgIpc) is 2.16. The van der Waals surface area contributed by atoms with E-state index in [0.717, 1.165) is 32.6 Å². The van der Waals surface area contributed by atoms with E-state index in [1.165, 1.54) is 0 Å². The van der Waals surface area contributed by atoms with Crippen molar-refractivity contribution in [1.82, 2.24) is 5.32 Å². The fourth-order valence-corrected chi connectivity index (χ4v) is 1.40. The molecule has 1 aliphatic heterocycles. The van der Waals surface area contributed by atoms with Crippen LogP contribution in [0, 0.1) is 5.41 Å². The van der Waals surface area contributed by atoms with Crippen molar-refractivity contribution >= 4 is 5.97 Å². The summed E-state index contributed by atoms with van der Waals surface area (Å²) in [7, 11) is 0. The maximum absolute atomic E-state index is 11.2. The molecular formula is C11H21NO3. The van der Waals surface area contributed by atoms with Gasteiger partial charge >= 0.3 is 5.97 Å². The van der Waals surface area contributed by atoms with Gasteiger partial charge in [0.15, 0.2) is 0 Å². The predicted molar refractivity (Wildman–Crippen MR) is 57.7 cm³/mol. The molecule has 0 aliphatic carbocycles. The molecule has 0 aromatic heterocycles. The van der Waals surface area contributed by atoms with Gasteiger partial charge in [0.2, 0.25) is 0 Å². The number of hydrogen-bond donors (Lipinski definition) is 1. The maximum Gasteiger partial charge on any atom is 0.319 e. The van der Waals surface area contributed by atoms with Crippen molar-refractivity contribution < 1.29 is 14.3 Å². The highest BCUT2D eigenvalue weighted by molar-refractivity contribution is 5.71. The third kappa shape index (κ3) is 4.62. The van der Waals surface area contributed by atoms with Crippen LogP contribution in [-0.4, -0.2) is 38.9 Å². The smallest absolute Gasteiger partial charge is 0.319 e. The summed E-state index contributed by atoms with van der Waals surface area (Å²) in [6.07, 6.45) is 1.99. The first-order chi connectivity index (χ1) is 7.16. The summed E-state index contributed by atoms with van der Waals surface area (Å²) in [5.74, 6) is -0.160. The highest BCUT2D eigenvalue weighted by Gasteiger charge is 2.32. The Kier molecular flexibility index (Phi) is 5.05. The lowest BCUT2D eigenvalue weighted by Crippen LogP contribution is -2.48. The Morgan fingerprint density at radius 1 is 1.53 bits per heavy atom. The van der Waals surface area contributed by atoms with Crippen LogP contribution in [0.15, 0.2) is 0 Å². The van der Waals surface area contributed by atoms with Gasteiger partial charge in [-0.1, -0.05) is 20.3 Å². The first-order valence-electron chi connectivity index (χ1n) is 5.60. The number of esters is 1. The normalized spacial score (nSPS) is 18.3. The Morgan fingerprint density at radius 3 is 2.80 bits per heavy atom. The summed E-state index contributed by atoms with van der Waals surface area (Å²) >= 11 is 0. The van der Waals surface area contributed by atoms with E-state index in [4.69, 9.17) is 9.47 Å². The van der Waals surface area contributed by atoms with Crippen LogP contribution in [0.3, 0.4) is 0 Å². The number of carbonyl (C=O) groups is 1. The van der Waals surface area contributed by atoms with E-state index >= 15 is 0 Å². The Balaban J connectivity index is 1.97. The molecule has 1 N–H and O–H groups in total. The van der Waals surface area contributed by atoms with Crippen LogP contribution in [0.5, 0.6) is 0 Å². The van der Waals surface area contributed by atoms with Gasteiger partial charge in [-0.15, -0.1) is 0 Å². The van der Waals surface area contributed by atoms with Gasteiger partial charge in [0.05, 0.1) is 26.4 Å². The Morgan fingerprint density at radius 2 is 2.27 bits per heavy atom. The Bertz CT molecular complexity index is 202. The zero-order chi connectivity index (χ0) is 11.1. The summed E-state index contributed by atoms with van der Waals surface area (Å²) in [4.78, 5) is 11.2. The van der Waals surface area contributed by atoms with Crippen LogP contribution in [0.1, 0.15) is 26.7 Å². The molecule has 1 rings (SSSR count). The molecule has 88 valence electrons. The van der Waals surface area contributed by atoms with Gasteiger partial charge in [-0.25, -0.2) is 0 Å². The zero-order valence-corrected chi connectivity index (χ0v) is 9.67. The minimum Gasteiger partial charge on any atom is -0.465 e. The van der Waals surface area contributed by atoms with Gasteiger partial charge in [0.1, 0.15) is 0 Å². The van der Waals surface area contributed by atoms with Crippen LogP contribution >= 0.6 is 0 Å². The predicted octanol–water partition coefficient (Wildman–Crippen LogP) is 0.956. The lowest BCUT2D eigenvalue weighted by atomic mass is 9.89. The molecule has 0 aromatic rings. The van der Waals surface area contributed by atoms with E-state index in [1.807, 2.05) is 0 Å². The number of unbranched alkanes of at least 4 members (excludes halogenated alkanes) is 1. The highest BCUT2D eigenvalue weighted by Crippen LogP contribution is 2.24. The van der Waals surface area contributed by atoms with E-state index in [0.29, 0.717) is 13.2 Å². The van der Waals surface area contributed by atoms with Gasteiger partial charge in [0.25, 0.3) is 0 Å². The van der Waals surface area contributed by atoms with Gasteiger partial charge in [-0.3, -0.25) is 4.79 Å². The lowest BCUT2D eigenvalue weighted by Gasteiger charge is -2.38. The fraction of sp³-hybridized carbons (Fsp3) is 0.909. The summed E-state index contributed by atoms with van der Waals surface area (Å²) < 4.78 is 10.1. The van der Waals surface area contributed by atoms with Gasteiger partial charge in [0, 0.05) is 12.0 Å². The van der Waals surface area contributed by atoms with Crippen molar-refractivity contribution in [3.63, 3.8) is 0 Å². The molecule has 0 radical (unpaired) electrons. The second kappa shape index (κ2) is 6.08. The first-order valence-corrected chi connectivity index (χ1v) is 5.60. The topological polar surface area (TPSA) is 47.6 Å². The van der Waals surface area contributed by atoms with Crippen LogP contribution in [0.2, 0.25) is 0 Å². The summed E-state index contributed by atoms with van der Waals surface area (Å²) in [6.45, 7) is 7.44. The second-order valence-corrected chi connectivity index (χ2v) is 4.48. The number of rotatable bonds is 7. The third-order valence-corrected chi connectivity index (χ3v) is 2.48. The Hall–Kier alpha value is -0.610. The third-order valence-electron chi connectivity index (χ3n) is 2.48. The van der Waals surface area contributed by atoms with Crippen molar-refractivity contribution in [2.24, 2.45) is 5.41 Å². The average molecular weight is 215 g/mol. The molecule has 0 atom stereocenters. The molecule has 0 unspecified atom stereocenters. The molecule has 15 heavy (non-hydrogen) atoms. The molecule has 1 heterocycles. The summed E-state index contributed by atoms with van der Waals surface area (Å²) in [5.41, 5.74) is 0.212. The molecule has 0 spiro atoms.